The van der Waals surface area contributed by atoms with Crippen molar-refractivity contribution >= 4 is 6.21 Å². The number of fused-ring (bicyclic) bond motifs is 2. The van der Waals surface area contributed by atoms with Crippen molar-refractivity contribution in [2.24, 2.45) is 4.99 Å². The summed E-state index contributed by atoms with van der Waals surface area (Å²) >= 11 is 0. The summed E-state index contributed by atoms with van der Waals surface area (Å²) < 4.78 is 18.0. The maximum absolute atomic E-state index is 12.6. The van der Waals surface area contributed by atoms with Gasteiger partial charge in [-0.3, -0.25) is 19.7 Å². The fraction of sp³-hybridized carbons (Fsp3) is 0.346. The van der Waals surface area contributed by atoms with Crippen LogP contribution >= 0.6 is 0 Å². The Bertz CT molecular complexity index is 1490. The number of aromatic nitrogens is 2. The number of methoxy groups -OCH3 is 1. The summed E-state index contributed by atoms with van der Waals surface area (Å²) in [4.78, 5) is 34.0. The van der Waals surface area contributed by atoms with E-state index in [0.717, 1.165) is 39.8 Å². The molecule has 2 aliphatic rings. The Hall–Kier alpha value is -4.05. The molecule has 3 heterocycles. The van der Waals surface area contributed by atoms with Gasteiger partial charge in [0.15, 0.2) is 11.5 Å². The van der Waals surface area contributed by atoms with Crippen molar-refractivity contribution in [2.75, 3.05) is 34.0 Å². The Morgan fingerprint density at radius 3 is 2.78 bits per heavy atom. The van der Waals surface area contributed by atoms with Gasteiger partial charge in [0.2, 0.25) is 18.4 Å². The fourth-order valence-electron chi connectivity index (χ4n) is 4.76. The molecule has 1 aromatic heterocycles. The van der Waals surface area contributed by atoms with E-state index in [0.29, 0.717) is 29.5 Å². The van der Waals surface area contributed by atoms with Crippen LogP contribution in [0.25, 0.3) is 5.69 Å². The molecule has 36 heavy (non-hydrogen) atoms. The van der Waals surface area contributed by atoms with E-state index in [4.69, 9.17) is 14.2 Å². The van der Waals surface area contributed by atoms with Crippen LogP contribution in [0.5, 0.6) is 23.1 Å². The summed E-state index contributed by atoms with van der Waals surface area (Å²) in [6.07, 6.45) is 2.13. The molecule has 0 radical (unpaired) electrons. The lowest BCUT2D eigenvalue weighted by Gasteiger charge is -2.35. The highest BCUT2D eigenvalue weighted by atomic mass is 16.7. The van der Waals surface area contributed by atoms with Crippen LogP contribution in [0, 0.1) is 13.8 Å². The highest BCUT2D eigenvalue weighted by molar-refractivity contribution is 5.82. The molecule has 0 aliphatic carbocycles. The van der Waals surface area contributed by atoms with Crippen molar-refractivity contribution < 1.29 is 19.3 Å². The molecule has 2 aliphatic heterocycles. The van der Waals surface area contributed by atoms with Crippen molar-refractivity contribution in [3.05, 3.63) is 72.9 Å². The van der Waals surface area contributed by atoms with Gasteiger partial charge in [0.1, 0.15) is 5.56 Å². The highest BCUT2D eigenvalue weighted by Crippen LogP contribution is 2.49. The first-order valence-electron chi connectivity index (χ1n) is 11.7. The molecule has 5 rings (SSSR count). The van der Waals surface area contributed by atoms with Crippen molar-refractivity contribution in [1.29, 1.82) is 0 Å². The van der Waals surface area contributed by atoms with Gasteiger partial charge in [0, 0.05) is 18.3 Å². The zero-order valence-electron chi connectivity index (χ0n) is 20.6. The predicted octanol–water partition coefficient (Wildman–Crippen LogP) is 2.23. The second kappa shape index (κ2) is 9.19. The molecule has 0 fully saturated rings. The molecule has 0 bridgehead atoms. The first kappa shape index (κ1) is 23.7. The Morgan fingerprint density at radius 1 is 1.22 bits per heavy atom. The van der Waals surface area contributed by atoms with Gasteiger partial charge in [0.25, 0.3) is 5.56 Å². The van der Waals surface area contributed by atoms with Gasteiger partial charge in [-0.15, -0.1) is 0 Å². The van der Waals surface area contributed by atoms with Crippen LogP contribution in [0.3, 0.4) is 0 Å². The van der Waals surface area contributed by atoms with Gasteiger partial charge >= 0.3 is 5.69 Å². The molecule has 10 heteroatoms. The first-order valence-corrected chi connectivity index (χ1v) is 11.7. The molecular formula is C26H28N4O6. The van der Waals surface area contributed by atoms with Gasteiger partial charge in [-0.2, -0.15) is 0 Å². The van der Waals surface area contributed by atoms with Crippen LogP contribution in [0.15, 0.2) is 38.8 Å². The number of rotatable bonds is 5. The number of aromatic hydroxyl groups is 1. The molecule has 0 saturated heterocycles. The molecule has 2 aromatic carbocycles. The van der Waals surface area contributed by atoms with Crippen LogP contribution in [0.2, 0.25) is 0 Å². The largest absolute Gasteiger partial charge is 0.493 e. The van der Waals surface area contributed by atoms with Crippen LogP contribution < -0.4 is 25.5 Å². The lowest BCUT2D eigenvalue weighted by atomic mass is 9.91. The minimum Gasteiger partial charge on any atom is -0.493 e. The zero-order chi connectivity index (χ0) is 25.6. The van der Waals surface area contributed by atoms with Crippen LogP contribution in [-0.2, 0) is 6.42 Å². The number of aromatic amines is 1. The van der Waals surface area contributed by atoms with Gasteiger partial charge in [-0.25, -0.2) is 9.36 Å². The van der Waals surface area contributed by atoms with E-state index >= 15 is 0 Å². The Labute approximate surface area is 207 Å². The zero-order valence-corrected chi connectivity index (χ0v) is 20.6. The number of hydrogen-bond acceptors (Lipinski definition) is 8. The molecule has 188 valence electrons. The number of benzene rings is 2. The number of nitrogens with one attached hydrogen (secondary N) is 1. The topological polar surface area (TPSA) is 118 Å². The summed E-state index contributed by atoms with van der Waals surface area (Å²) in [6.45, 7) is 5.11. The molecule has 1 unspecified atom stereocenters. The third kappa shape index (κ3) is 3.93. The van der Waals surface area contributed by atoms with Crippen molar-refractivity contribution in [1.82, 2.24) is 14.5 Å². The lowest BCUT2D eigenvalue weighted by Crippen LogP contribution is -2.34. The molecule has 0 spiro atoms. The predicted molar refractivity (Wildman–Crippen MR) is 134 cm³/mol. The SMILES string of the molecule is COc1c2c(cc3c1C(CN=Cc1c(O)n(-c4ccc(C)c(C)c4)c(=O)[nH]c1=O)N(C)CC3)OCO2. The number of aliphatic imine (C=N–C) groups is 1. The summed E-state index contributed by atoms with van der Waals surface area (Å²) in [5, 5.41) is 10.9. The van der Waals surface area contributed by atoms with E-state index in [1.54, 1.807) is 19.2 Å². The van der Waals surface area contributed by atoms with E-state index in [2.05, 4.69) is 14.9 Å². The summed E-state index contributed by atoms with van der Waals surface area (Å²) in [5.74, 6) is 1.40. The normalized spacial score (nSPS) is 16.9. The number of ether oxygens (including phenoxy) is 3. The molecule has 0 saturated carbocycles. The quantitative estimate of drug-likeness (QED) is 0.525. The minimum atomic E-state index is -0.723. The summed E-state index contributed by atoms with van der Waals surface area (Å²) in [7, 11) is 3.59. The molecule has 2 N–H and O–H groups in total. The number of nitrogens with zero attached hydrogens (tertiary/aromatic N) is 3. The maximum Gasteiger partial charge on any atom is 0.335 e. The van der Waals surface area contributed by atoms with Crippen LogP contribution in [-0.4, -0.2) is 59.8 Å². The van der Waals surface area contributed by atoms with E-state index < -0.39 is 17.1 Å². The van der Waals surface area contributed by atoms with Crippen LogP contribution in [0.4, 0.5) is 0 Å². The highest BCUT2D eigenvalue weighted by Gasteiger charge is 2.33. The van der Waals surface area contributed by atoms with E-state index in [1.807, 2.05) is 33.0 Å². The average molecular weight is 493 g/mol. The van der Waals surface area contributed by atoms with Gasteiger partial charge in [-0.1, -0.05) is 6.07 Å². The smallest absolute Gasteiger partial charge is 0.335 e. The first-order chi connectivity index (χ1) is 17.3. The fourth-order valence-corrected chi connectivity index (χ4v) is 4.76. The number of hydrogen-bond donors (Lipinski definition) is 2. The van der Waals surface area contributed by atoms with Gasteiger partial charge < -0.3 is 19.3 Å². The van der Waals surface area contributed by atoms with E-state index in [1.165, 1.54) is 6.21 Å². The monoisotopic (exact) mass is 492 g/mol. The standard InChI is InChI=1S/C26H28N4O6/c1-14-5-6-17(9-15(14)2)30-25(32)18(24(31)28-26(30)33)11-27-12-19-21-16(7-8-29(19)3)10-20-22(23(21)34-4)36-13-35-20/h5-6,9-11,19,32H,7-8,12-13H2,1-4H3,(H,28,31,33). The average Bonchev–Trinajstić information content (AvgIpc) is 3.31. The third-order valence-corrected chi connectivity index (χ3v) is 6.92. The Balaban J connectivity index is 1.51. The van der Waals surface area contributed by atoms with Gasteiger partial charge in [-0.05, 0) is 62.2 Å². The van der Waals surface area contributed by atoms with Gasteiger partial charge in [0.05, 0.1) is 25.4 Å². The molecule has 1 atom stereocenters. The summed E-state index contributed by atoms with van der Waals surface area (Å²) in [5.41, 5.74) is 2.99. The number of H-pyrrole nitrogens is 1. The Kier molecular flexibility index (Phi) is 6.05. The van der Waals surface area contributed by atoms with Crippen molar-refractivity contribution in [3.63, 3.8) is 0 Å². The van der Waals surface area contributed by atoms with Crippen molar-refractivity contribution in [3.8, 4) is 28.8 Å². The van der Waals surface area contributed by atoms with Crippen molar-refractivity contribution in [2.45, 2.75) is 26.3 Å². The number of aryl methyl sites for hydroxylation is 2. The second-order valence-electron chi connectivity index (χ2n) is 9.06. The molecule has 10 nitrogen and oxygen atoms in total. The van der Waals surface area contributed by atoms with E-state index in [-0.39, 0.29) is 18.4 Å². The molecule has 3 aromatic rings. The van der Waals surface area contributed by atoms with Crippen LogP contribution in [0.1, 0.15) is 33.9 Å². The second-order valence-corrected chi connectivity index (χ2v) is 9.06. The maximum atomic E-state index is 12.6. The summed E-state index contributed by atoms with van der Waals surface area (Å²) in [6, 6.07) is 7.18. The Morgan fingerprint density at radius 2 is 2.03 bits per heavy atom. The molecular weight excluding hydrogens is 464 g/mol. The minimum absolute atomic E-state index is 0.0934. The lowest BCUT2D eigenvalue weighted by molar-refractivity contribution is 0.170. The van der Waals surface area contributed by atoms with E-state index in [9.17, 15) is 14.7 Å². The molecule has 0 amide bonds. The third-order valence-electron chi connectivity index (χ3n) is 6.92. The number of likely N-dealkylation sites (N-methyl/N-ethyl adjacent to an activating group) is 1.